The van der Waals surface area contributed by atoms with Crippen molar-refractivity contribution >= 4 is 35.1 Å². The summed E-state index contributed by atoms with van der Waals surface area (Å²) < 4.78 is 17.9. The van der Waals surface area contributed by atoms with Crippen molar-refractivity contribution in [2.24, 2.45) is 0 Å². The maximum absolute atomic E-state index is 13.0. The van der Waals surface area contributed by atoms with Gasteiger partial charge in [-0.2, -0.15) is 0 Å². The van der Waals surface area contributed by atoms with Crippen LogP contribution >= 0.6 is 11.6 Å². The van der Waals surface area contributed by atoms with Crippen LogP contribution in [0.3, 0.4) is 0 Å². The van der Waals surface area contributed by atoms with Gasteiger partial charge in [0.2, 0.25) is 5.91 Å². The van der Waals surface area contributed by atoms with Gasteiger partial charge in [0.1, 0.15) is 5.82 Å². The van der Waals surface area contributed by atoms with Gasteiger partial charge in [-0.05, 0) is 42.0 Å². The summed E-state index contributed by atoms with van der Waals surface area (Å²) in [4.78, 5) is 34.6. The molecule has 0 aliphatic carbocycles. The fraction of sp³-hybridized carbons (Fsp3) is 0.167. The predicted octanol–water partition coefficient (Wildman–Crippen LogP) is 2.91. The van der Waals surface area contributed by atoms with Crippen LogP contribution in [0, 0.1) is 5.82 Å². The standard InChI is InChI=1S/C18H16ClFN2O4/c1-11(23)22-15-6-3-12(4-7-15)18(25)26-10-17(24)21-9-13-2-5-14(20)8-16(13)19/h2-8H,9-10H2,1H3,(H,21,24)(H,22,23). The summed E-state index contributed by atoms with van der Waals surface area (Å²) in [5.74, 6) is -1.88. The van der Waals surface area contributed by atoms with Crippen LogP contribution in [-0.4, -0.2) is 24.4 Å². The number of hydrogen-bond acceptors (Lipinski definition) is 4. The molecule has 0 heterocycles. The summed E-state index contributed by atoms with van der Waals surface area (Å²) in [5, 5.41) is 5.29. The molecule has 2 amide bonds. The van der Waals surface area contributed by atoms with Crippen LogP contribution < -0.4 is 10.6 Å². The zero-order valence-electron chi connectivity index (χ0n) is 13.8. The summed E-state index contributed by atoms with van der Waals surface area (Å²) in [5.41, 5.74) is 1.33. The Morgan fingerprint density at radius 1 is 1.12 bits per heavy atom. The van der Waals surface area contributed by atoms with E-state index in [1.165, 1.54) is 31.2 Å². The van der Waals surface area contributed by atoms with E-state index in [0.29, 0.717) is 11.3 Å². The molecule has 0 aromatic heterocycles. The highest BCUT2D eigenvalue weighted by molar-refractivity contribution is 6.31. The van der Waals surface area contributed by atoms with E-state index in [0.717, 1.165) is 6.07 Å². The van der Waals surface area contributed by atoms with E-state index < -0.39 is 24.3 Å². The van der Waals surface area contributed by atoms with Crippen molar-refractivity contribution in [2.45, 2.75) is 13.5 Å². The average molecular weight is 379 g/mol. The normalized spacial score (nSPS) is 10.1. The predicted molar refractivity (Wildman–Crippen MR) is 94.3 cm³/mol. The van der Waals surface area contributed by atoms with Gasteiger partial charge in [-0.25, -0.2) is 9.18 Å². The Hall–Kier alpha value is -2.93. The van der Waals surface area contributed by atoms with Gasteiger partial charge in [0, 0.05) is 24.2 Å². The van der Waals surface area contributed by atoms with Crippen molar-refractivity contribution in [1.82, 2.24) is 5.32 Å². The lowest BCUT2D eigenvalue weighted by Gasteiger charge is -2.08. The molecular weight excluding hydrogens is 363 g/mol. The fourth-order valence-electron chi connectivity index (χ4n) is 2.02. The Kier molecular flexibility index (Phi) is 6.68. The lowest BCUT2D eigenvalue weighted by Crippen LogP contribution is -2.28. The van der Waals surface area contributed by atoms with Gasteiger partial charge in [0.05, 0.1) is 5.56 Å². The maximum atomic E-state index is 13.0. The number of halogens is 2. The molecule has 0 unspecified atom stereocenters. The topological polar surface area (TPSA) is 84.5 Å². The minimum Gasteiger partial charge on any atom is -0.452 e. The molecule has 2 aromatic carbocycles. The first-order valence-electron chi connectivity index (χ1n) is 7.60. The number of carbonyl (C=O) groups is 3. The van der Waals surface area contributed by atoms with Crippen LogP contribution in [-0.2, 0) is 20.9 Å². The number of anilines is 1. The molecule has 2 rings (SSSR count). The number of carbonyl (C=O) groups excluding carboxylic acids is 3. The summed E-state index contributed by atoms with van der Waals surface area (Å²) >= 11 is 5.86. The van der Waals surface area contributed by atoms with Gasteiger partial charge >= 0.3 is 5.97 Å². The fourth-order valence-corrected chi connectivity index (χ4v) is 2.25. The number of rotatable bonds is 6. The molecule has 0 aliphatic rings. The van der Waals surface area contributed by atoms with Crippen molar-refractivity contribution in [2.75, 3.05) is 11.9 Å². The summed E-state index contributed by atoms with van der Waals surface area (Å²) in [7, 11) is 0. The third-order valence-electron chi connectivity index (χ3n) is 3.27. The molecule has 8 heteroatoms. The second-order valence-electron chi connectivity index (χ2n) is 5.35. The number of amides is 2. The molecule has 136 valence electrons. The zero-order valence-corrected chi connectivity index (χ0v) is 14.6. The highest BCUT2D eigenvalue weighted by atomic mass is 35.5. The molecule has 0 spiro atoms. The Labute approximate surface area is 154 Å². The molecule has 0 atom stereocenters. The molecule has 0 saturated carbocycles. The van der Waals surface area contributed by atoms with E-state index >= 15 is 0 Å². The third-order valence-corrected chi connectivity index (χ3v) is 3.62. The highest BCUT2D eigenvalue weighted by Crippen LogP contribution is 2.16. The molecule has 0 fully saturated rings. The van der Waals surface area contributed by atoms with Crippen LogP contribution in [0.15, 0.2) is 42.5 Å². The molecule has 0 bridgehead atoms. The highest BCUT2D eigenvalue weighted by Gasteiger charge is 2.11. The largest absolute Gasteiger partial charge is 0.452 e. The van der Waals surface area contributed by atoms with Crippen LogP contribution in [0.5, 0.6) is 0 Å². The summed E-state index contributed by atoms with van der Waals surface area (Å²) in [6.07, 6.45) is 0. The lowest BCUT2D eigenvalue weighted by molar-refractivity contribution is -0.124. The Morgan fingerprint density at radius 3 is 2.42 bits per heavy atom. The van der Waals surface area contributed by atoms with Crippen molar-refractivity contribution in [1.29, 1.82) is 0 Å². The van der Waals surface area contributed by atoms with Gasteiger partial charge < -0.3 is 15.4 Å². The van der Waals surface area contributed by atoms with Crippen molar-refractivity contribution in [3.05, 3.63) is 64.4 Å². The van der Waals surface area contributed by atoms with Gasteiger partial charge in [0.25, 0.3) is 5.91 Å². The van der Waals surface area contributed by atoms with Crippen LogP contribution in [0.2, 0.25) is 5.02 Å². The SMILES string of the molecule is CC(=O)Nc1ccc(C(=O)OCC(=O)NCc2ccc(F)cc2Cl)cc1. The van der Waals surface area contributed by atoms with E-state index in [4.69, 9.17) is 16.3 Å². The Balaban J connectivity index is 1.81. The molecule has 26 heavy (non-hydrogen) atoms. The number of ether oxygens (including phenoxy) is 1. The van der Waals surface area contributed by atoms with E-state index in [2.05, 4.69) is 10.6 Å². The number of benzene rings is 2. The van der Waals surface area contributed by atoms with Crippen LogP contribution in [0.4, 0.5) is 10.1 Å². The molecule has 6 nitrogen and oxygen atoms in total. The zero-order chi connectivity index (χ0) is 19.1. The second-order valence-corrected chi connectivity index (χ2v) is 5.75. The average Bonchev–Trinajstić information content (AvgIpc) is 2.59. The monoisotopic (exact) mass is 378 g/mol. The first kappa shape index (κ1) is 19.4. The van der Waals surface area contributed by atoms with Gasteiger partial charge in [-0.15, -0.1) is 0 Å². The molecule has 0 aliphatic heterocycles. The van der Waals surface area contributed by atoms with Gasteiger partial charge in [-0.1, -0.05) is 17.7 Å². The molecule has 2 aromatic rings. The molecular formula is C18H16ClFN2O4. The minimum absolute atomic E-state index is 0.0842. The molecule has 0 saturated heterocycles. The van der Waals surface area contributed by atoms with Crippen LogP contribution in [0.1, 0.15) is 22.8 Å². The van der Waals surface area contributed by atoms with E-state index in [1.54, 1.807) is 12.1 Å². The summed E-state index contributed by atoms with van der Waals surface area (Å²) in [6.45, 7) is 0.992. The van der Waals surface area contributed by atoms with Crippen molar-refractivity contribution in [3.63, 3.8) is 0 Å². The van der Waals surface area contributed by atoms with E-state index in [-0.39, 0.29) is 23.0 Å². The Morgan fingerprint density at radius 2 is 1.81 bits per heavy atom. The van der Waals surface area contributed by atoms with Crippen molar-refractivity contribution in [3.8, 4) is 0 Å². The molecule has 2 N–H and O–H groups in total. The minimum atomic E-state index is -0.672. The van der Waals surface area contributed by atoms with E-state index in [1.807, 2.05) is 0 Å². The van der Waals surface area contributed by atoms with E-state index in [9.17, 15) is 18.8 Å². The lowest BCUT2D eigenvalue weighted by atomic mass is 10.2. The first-order chi connectivity index (χ1) is 12.3. The van der Waals surface area contributed by atoms with Gasteiger partial charge in [0.15, 0.2) is 6.61 Å². The summed E-state index contributed by atoms with van der Waals surface area (Å²) in [6, 6.07) is 9.89. The van der Waals surface area contributed by atoms with Gasteiger partial charge in [-0.3, -0.25) is 9.59 Å². The maximum Gasteiger partial charge on any atom is 0.338 e. The number of hydrogen-bond donors (Lipinski definition) is 2. The Bertz CT molecular complexity index is 824. The second kappa shape index (κ2) is 8.96. The van der Waals surface area contributed by atoms with Crippen molar-refractivity contribution < 1.29 is 23.5 Å². The quantitative estimate of drug-likeness (QED) is 0.757. The smallest absolute Gasteiger partial charge is 0.338 e. The first-order valence-corrected chi connectivity index (χ1v) is 7.98. The molecule has 0 radical (unpaired) electrons. The number of esters is 1. The van der Waals surface area contributed by atoms with Crippen LogP contribution in [0.25, 0.3) is 0 Å². The number of nitrogens with one attached hydrogen (secondary N) is 2. The third kappa shape index (κ3) is 5.86.